The first-order valence-corrected chi connectivity index (χ1v) is 6.61. The first kappa shape index (κ1) is 14.3. The largest absolute Gasteiger partial charge is 0.327 e. The third-order valence-electron chi connectivity index (χ3n) is 2.83. The smallest absolute Gasteiger partial charge is 0.319 e. The molecule has 0 bridgehead atoms. The molecule has 2 rings (SSSR count). The molecule has 2 amide bonds. The fourth-order valence-electron chi connectivity index (χ4n) is 1.78. The monoisotopic (exact) mass is 289 g/mol. The first-order valence-electron chi connectivity index (χ1n) is 6.23. The molecule has 0 atom stereocenters. The molecule has 1 aromatic carbocycles. The Bertz CT molecular complexity index is 582. The van der Waals surface area contributed by atoms with Crippen molar-refractivity contribution in [2.45, 2.75) is 19.4 Å². The van der Waals surface area contributed by atoms with E-state index in [1.807, 2.05) is 32.0 Å². The Morgan fingerprint density at radius 1 is 1.15 bits per heavy atom. The quantitative estimate of drug-likeness (QED) is 0.903. The second-order valence-corrected chi connectivity index (χ2v) is 5.36. The average Bonchev–Trinajstić information content (AvgIpc) is 2.42. The van der Waals surface area contributed by atoms with Gasteiger partial charge in [0.2, 0.25) is 0 Å². The standard InChI is InChI=1S/C15H16ClN3O/c1-15(2,13-5-3-4-10-17-13)19-14(20)18-12-8-6-11(16)7-9-12/h3-10H,1-2H3,(H2,18,19,20). The van der Waals surface area contributed by atoms with Crippen LogP contribution in [0.5, 0.6) is 0 Å². The molecule has 0 saturated heterocycles. The zero-order valence-corrected chi connectivity index (χ0v) is 12.1. The summed E-state index contributed by atoms with van der Waals surface area (Å²) in [5, 5.41) is 6.28. The molecule has 0 radical (unpaired) electrons. The lowest BCUT2D eigenvalue weighted by atomic mass is 10.0. The highest BCUT2D eigenvalue weighted by atomic mass is 35.5. The summed E-state index contributed by atoms with van der Waals surface area (Å²) in [5.41, 5.74) is 0.924. The van der Waals surface area contributed by atoms with Gasteiger partial charge in [-0.15, -0.1) is 0 Å². The highest BCUT2D eigenvalue weighted by Gasteiger charge is 2.23. The molecule has 0 fully saturated rings. The van der Waals surface area contributed by atoms with Crippen LogP contribution in [-0.2, 0) is 5.54 Å². The van der Waals surface area contributed by atoms with Crippen LogP contribution >= 0.6 is 11.6 Å². The van der Waals surface area contributed by atoms with Gasteiger partial charge in [-0.05, 0) is 50.2 Å². The number of benzene rings is 1. The Morgan fingerprint density at radius 2 is 1.85 bits per heavy atom. The molecule has 20 heavy (non-hydrogen) atoms. The molecule has 1 aromatic heterocycles. The fraction of sp³-hybridized carbons (Fsp3) is 0.200. The lowest BCUT2D eigenvalue weighted by Crippen LogP contribution is -2.43. The van der Waals surface area contributed by atoms with Crippen molar-refractivity contribution in [3.63, 3.8) is 0 Å². The minimum Gasteiger partial charge on any atom is -0.327 e. The summed E-state index contributed by atoms with van der Waals surface area (Å²) in [6.07, 6.45) is 1.70. The number of aromatic nitrogens is 1. The number of nitrogens with zero attached hydrogens (tertiary/aromatic N) is 1. The van der Waals surface area contributed by atoms with Crippen molar-refractivity contribution in [2.24, 2.45) is 0 Å². The van der Waals surface area contributed by atoms with Crippen molar-refractivity contribution in [1.82, 2.24) is 10.3 Å². The van der Waals surface area contributed by atoms with Crippen molar-refractivity contribution >= 4 is 23.3 Å². The van der Waals surface area contributed by atoms with Crippen molar-refractivity contribution in [3.05, 3.63) is 59.4 Å². The third kappa shape index (κ3) is 3.71. The molecule has 5 heteroatoms. The second-order valence-electron chi connectivity index (χ2n) is 4.93. The van der Waals surface area contributed by atoms with Crippen LogP contribution in [0.2, 0.25) is 5.02 Å². The van der Waals surface area contributed by atoms with Gasteiger partial charge in [0.05, 0.1) is 11.2 Å². The number of pyridine rings is 1. The summed E-state index contributed by atoms with van der Waals surface area (Å²) in [6, 6.07) is 12.3. The van der Waals surface area contributed by atoms with E-state index < -0.39 is 5.54 Å². The third-order valence-corrected chi connectivity index (χ3v) is 3.09. The highest BCUT2D eigenvalue weighted by molar-refractivity contribution is 6.30. The molecule has 0 aliphatic rings. The van der Waals surface area contributed by atoms with E-state index in [-0.39, 0.29) is 6.03 Å². The summed E-state index contributed by atoms with van der Waals surface area (Å²) >= 11 is 5.80. The summed E-state index contributed by atoms with van der Waals surface area (Å²) < 4.78 is 0. The van der Waals surface area contributed by atoms with E-state index in [9.17, 15) is 4.79 Å². The number of urea groups is 1. The Labute approximate surface area is 123 Å². The van der Waals surface area contributed by atoms with Gasteiger partial charge < -0.3 is 10.6 Å². The van der Waals surface area contributed by atoms with Gasteiger partial charge in [0.25, 0.3) is 0 Å². The van der Waals surface area contributed by atoms with Crippen LogP contribution in [0.15, 0.2) is 48.7 Å². The van der Waals surface area contributed by atoms with Gasteiger partial charge in [-0.25, -0.2) is 4.79 Å². The van der Waals surface area contributed by atoms with Gasteiger partial charge in [0, 0.05) is 16.9 Å². The van der Waals surface area contributed by atoms with Crippen LogP contribution in [-0.4, -0.2) is 11.0 Å². The normalized spacial score (nSPS) is 10.9. The van der Waals surface area contributed by atoms with Crippen LogP contribution in [0.4, 0.5) is 10.5 Å². The molecule has 0 unspecified atom stereocenters. The Kier molecular flexibility index (Phi) is 4.25. The molecule has 0 saturated carbocycles. The van der Waals surface area contributed by atoms with E-state index in [1.165, 1.54) is 0 Å². The summed E-state index contributed by atoms with van der Waals surface area (Å²) in [6.45, 7) is 3.80. The molecule has 1 heterocycles. The molecule has 0 aliphatic heterocycles. The number of hydrogen-bond donors (Lipinski definition) is 2. The predicted octanol–water partition coefficient (Wildman–Crippen LogP) is 3.79. The molecule has 0 aliphatic carbocycles. The Morgan fingerprint density at radius 3 is 2.45 bits per heavy atom. The second kappa shape index (κ2) is 5.92. The summed E-state index contributed by atoms with van der Waals surface area (Å²) in [7, 11) is 0. The molecule has 0 spiro atoms. The molecule has 2 aromatic rings. The van der Waals surface area contributed by atoms with Crippen LogP contribution in [0.3, 0.4) is 0 Å². The number of carbonyl (C=O) groups excluding carboxylic acids is 1. The predicted molar refractivity (Wildman–Crippen MR) is 80.9 cm³/mol. The van der Waals surface area contributed by atoms with Gasteiger partial charge in [-0.1, -0.05) is 17.7 Å². The Hall–Kier alpha value is -2.07. The summed E-state index contributed by atoms with van der Waals surface area (Å²) in [4.78, 5) is 16.3. The maximum Gasteiger partial charge on any atom is 0.319 e. The summed E-state index contributed by atoms with van der Waals surface area (Å²) in [5.74, 6) is 0. The topological polar surface area (TPSA) is 54.0 Å². The number of amides is 2. The highest BCUT2D eigenvalue weighted by Crippen LogP contribution is 2.18. The van der Waals surface area contributed by atoms with Crippen molar-refractivity contribution < 1.29 is 4.79 Å². The molecule has 104 valence electrons. The number of hydrogen-bond acceptors (Lipinski definition) is 2. The van der Waals surface area contributed by atoms with Gasteiger partial charge in [-0.3, -0.25) is 4.98 Å². The maximum atomic E-state index is 12.0. The molecule has 2 N–H and O–H groups in total. The number of carbonyl (C=O) groups is 1. The van der Waals surface area contributed by atoms with Gasteiger partial charge in [0.1, 0.15) is 0 Å². The van der Waals surface area contributed by atoms with Gasteiger partial charge >= 0.3 is 6.03 Å². The molecular weight excluding hydrogens is 274 g/mol. The maximum absolute atomic E-state index is 12.0. The van der Waals surface area contributed by atoms with Crippen molar-refractivity contribution in [2.75, 3.05) is 5.32 Å². The van der Waals surface area contributed by atoms with Crippen LogP contribution in [0, 0.1) is 0 Å². The van der Waals surface area contributed by atoms with Crippen LogP contribution in [0.1, 0.15) is 19.5 Å². The van der Waals surface area contributed by atoms with Crippen molar-refractivity contribution in [1.29, 1.82) is 0 Å². The average molecular weight is 290 g/mol. The van der Waals surface area contributed by atoms with E-state index in [0.29, 0.717) is 10.7 Å². The Balaban J connectivity index is 2.02. The van der Waals surface area contributed by atoms with E-state index in [2.05, 4.69) is 15.6 Å². The van der Waals surface area contributed by atoms with E-state index in [4.69, 9.17) is 11.6 Å². The zero-order valence-electron chi connectivity index (χ0n) is 11.4. The zero-order chi connectivity index (χ0) is 14.6. The SMILES string of the molecule is CC(C)(NC(=O)Nc1ccc(Cl)cc1)c1ccccn1. The molecular formula is C15H16ClN3O. The number of rotatable bonds is 3. The fourth-order valence-corrected chi connectivity index (χ4v) is 1.90. The van der Waals surface area contributed by atoms with Gasteiger partial charge in [0.15, 0.2) is 0 Å². The lowest BCUT2D eigenvalue weighted by molar-refractivity contribution is 0.241. The van der Waals surface area contributed by atoms with E-state index in [1.54, 1.807) is 30.5 Å². The van der Waals surface area contributed by atoms with Crippen molar-refractivity contribution in [3.8, 4) is 0 Å². The minimum atomic E-state index is -0.558. The van der Waals surface area contributed by atoms with Crippen LogP contribution < -0.4 is 10.6 Å². The number of anilines is 1. The van der Waals surface area contributed by atoms with E-state index in [0.717, 1.165) is 5.69 Å². The number of halogens is 1. The first-order chi connectivity index (χ1) is 9.47. The van der Waals surface area contributed by atoms with Crippen LogP contribution in [0.25, 0.3) is 0 Å². The minimum absolute atomic E-state index is 0.289. The number of nitrogens with one attached hydrogen (secondary N) is 2. The lowest BCUT2D eigenvalue weighted by Gasteiger charge is -2.25. The van der Waals surface area contributed by atoms with E-state index >= 15 is 0 Å². The molecule has 4 nitrogen and oxygen atoms in total. The van der Waals surface area contributed by atoms with Gasteiger partial charge in [-0.2, -0.15) is 0 Å².